The topological polar surface area (TPSA) is 83.1 Å². The number of rotatable bonds is 14. The number of nitrogens with one attached hydrogen (secondary N) is 1. The van der Waals surface area contributed by atoms with E-state index in [1.807, 2.05) is 109 Å². The average molecular weight is 540 g/mol. The number of carbonyl (C=O) groups is 2. The van der Waals surface area contributed by atoms with Crippen molar-refractivity contribution in [3.63, 3.8) is 0 Å². The van der Waals surface area contributed by atoms with Crippen LogP contribution < -0.4 is 14.8 Å². The Labute approximate surface area is 234 Å². The van der Waals surface area contributed by atoms with Gasteiger partial charge in [-0.15, -0.1) is 0 Å². The number of ether oxygens (including phenoxy) is 4. The molecule has 4 aromatic rings. The van der Waals surface area contributed by atoms with Gasteiger partial charge in [-0.25, -0.2) is 4.79 Å². The average Bonchev–Trinajstić information content (AvgIpc) is 3.00. The molecule has 0 heterocycles. The Morgan fingerprint density at radius 3 is 1.73 bits per heavy atom. The van der Waals surface area contributed by atoms with Gasteiger partial charge in [0.25, 0.3) is 0 Å². The minimum atomic E-state index is -0.893. The number of hydrogen-bond acceptors (Lipinski definition) is 6. The Morgan fingerprint density at radius 2 is 1.18 bits per heavy atom. The molecule has 0 aliphatic heterocycles. The van der Waals surface area contributed by atoms with Gasteiger partial charge in [0.1, 0.15) is 25.9 Å². The van der Waals surface area contributed by atoms with Crippen LogP contribution in [0.1, 0.15) is 22.3 Å². The molecule has 0 aromatic heterocycles. The molecule has 4 aromatic carbocycles. The maximum Gasteiger partial charge on any atom is 0.328 e. The molecule has 1 N–H and O–H groups in total. The second kappa shape index (κ2) is 15.1. The van der Waals surface area contributed by atoms with Crippen LogP contribution in [0.5, 0.6) is 11.5 Å². The van der Waals surface area contributed by atoms with Gasteiger partial charge in [-0.05, 0) is 34.4 Å². The van der Waals surface area contributed by atoms with Crippen LogP contribution in [0, 0.1) is 0 Å². The summed E-state index contributed by atoms with van der Waals surface area (Å²) in [5.74, 6) is 0.164. The highest BCUT2D eigenvalue weighted by atomic mass is 16.5. The second-order valence-electron chi connectivity index (χ2n) is 9.16. The van der Waals surface area contributed by atoms with Crippen LogP contribution in [0.4, 0.5) is 0 Å². The van der Waals surface area contributed by atoms with E-state index in [1.165, 1.54) is 7.11 Å². The molecule has 0 saturated carbocycles. The van der Waals surface area contributed by atoms with Crippen LogP contribution in [0.15, 0.2) is 109 Å². The van der Waals surface area contributed by atoms with E-state index in [0.717, 1.165) is 22.3 Å². The summed E-state index contributed by atoms with van der Waals surface area (Å²) < 4.78 is 22.7. The van der Waals surface area contributed by atoms with E-state index in [2.05, 4.69) is 5.32 Å². The molecule has 0 unspecified atom stereocenters. The molecule has 0 radical (unpaired) electrons. The van der Waals surface area contributed by atoms with E-state index in [1.54, 1.807) is 0 Å². The quantitative estimate of drug-likeness (QED) is 0.220. The fraction of sp³-hybridized carbons (Fsp3) is 0.212. The lowest BCUT2D eigenvalue weighted by Crippen LogP contribution is -2.44. The lowest BCUT2D eigenvalue weighted by molar-refractivity contribution is -0.145. The Morgan fingerprint density at radius 1 is 0.650 bits per heavy atom. The highest BCUT2D eigenvalue weighted by Gasteiger charge is 2.23. The van der Waals surface area contributed by atoms with Crippen LogP contribution in [-0.2, 0) is 45.3 Å². The zero-order valence-electron chi connectivity index (χ0n) is 22.5. The minimum absolute atomic E-state index is 0.180. The van der Waals surface area contributed by atoms with E-state index in [-0.39, 0.29) is 13.0 Å². The molecule has 0 saturated heterocycles. The second-order valence-corrected chi connectivity index (χ2v) is 9.16. The first-order valence-electron chi connectivity index (χ1n) is 13.1. The molecule has 0 aliphatic rings. The molecule has 1 atom stereocenters. The minimum Gasteiger partial charge on any atom is -0.485 e. The van der Waals surface area contributed by atoms with Crippen molar-refractivity contribution >= 4 is 11.9 Å². The number of benzene rings is 4. The third-order valence-corrected chi connectivity index (χ3v) is 6.09. The Hall–Kier alpha value is -4.62. The summed E-state index contributed by atoms with van der Waals surface area (Å²) in [7, 11) is 1.29. The van der Waals surface area contributed by atoms with Gasteiger partial charge in [-0.2, -0.15) is 0 Å². The number of esters is 1. The van der Waals surface area contributed by atoms with Crippen molar-refractivity contribution in [2.75, 3.05) is 13.7 Å². The summed E-state index contributed by atoms with van der Waals surface area (Å²) >= 11 is 0. The monoisotopic (exact) mass is 539 g/mol. The first kappa shape index (κ1) is 28.4. The van der Waals surface area contributed by atoms with Crippen LogP contribution in [0.25, 0.3) is 0 Å². The first-order valence-corrected chi connectivity index (χ1v) is 13.1. The van der Waals surface area contributed by atoms with Gasteiger partial charge < -0.3 is 24.3 Å². The Kier molecular flexibility index (Phi) is 10.7. The highest BCUT2D eigenvalue weighted by molar-refractivity contribution is 5.85. The van der Waals surface area contributed by atoms with Crippen LogP contribution in [-0.4, -0.2) is 31.6 Å². The zero-order chi connectivity index (χ0) is 28.0. The van der Waals surface area contributed by atoms with Crippen molar-refractivity contribution < 1.29 is 28.5 Å². The lowest BCUT2D eigenvalue weighted by Gasteiger charge is -2.19. The normalized spacial score (nSPS) is 11.3. The Bertz CT molecular complexity index is 1350. The molecule has 7 nitrogen and oxygen atoms in total. The molecular formula is C33H33NO6. The Balaban J connectivity index is 1.43. The fourth-order valence-electron chi connectivity index (χ4n) is 4.03. The summed E-state index contributed by atoms with van der Waals surface area (Å²) in [4.78, 5) is 25.1. The standard InChI is InChI=1S/C33H33NO6/c1-37-33(36)29(34-32(35)24-38-21-25-11-5-2-6-12-25)19-28-17-18-30(39-22-26-13-7-3-8-14-26)31(20-28)40-23-27-15-9-4-10-16-27/h2-18,20,29H,19,21-24H2,1H3,(H,34,35)/t29-/m0/s1. The number of carbonyl (C=O) groups excluding carboxylic acids is 2. The van der Waals surface area contributed by atoms with Crippen molar-refractivity contribution in [1.29, 1.82) is 0 Å². The van der Waals surface area contributed by atoms with Gasteiger partial charge in [0.2, 0.25) is 5.91 Å². The molecule has 0 fully saturated rings. The van der Waals surface area contributed by atoms with Crippen LogP contribution in [0.3, 0.4) is 0 Å². The highest BCUT2D eigenvalue weighted by Crippen LogP contribution is 2.30. The summed E-state index contributed by atoms with van der Waals surface area (Å²) in [6.07, 6.45) is 0.206. The molecule has 0 aliphatic carbocycles. The summed E-state index contributed by atoms with van der Waals surface area (Å²) in [6.45, 7) is 0.845. The third-order valence-electron chi connectivity index (χ3n) is 6.09. The summed E-state index contributed by atoms with van der Waals surface area (Å²) in [5, 5.41) is 2.73. The van der Waals surface area contributed by atoms with Gasteiger partial charge in [-0.1, -0.05) is 97.1 Å². The number of methoxy groups -OCH3 is 1. The van der Waals surface area contributed by atoms with Gasteiger partial charge in [0.05, 0.1) is 13.7 Å². The lowest BCUT2D eigenvalue weighted by atomic mass is 10.0. The third kappa shape index (κ3) is 8.99. The SMILES string of the molecule is COC(=O)[C@H](Cc1ccc(OCc2ccccc2)c(OCc2ccccc2)c1)NC(=O)COCc1ccccc1. The molecule has 0 spiro atoms. The van der Waals surface area contributed by atoms with Crippen molar-refractivity contribution in [2.45, 2.75) is 32.3 Å². The van der Waals surface area contributed by atoms with Crippen molar-refractivity contribution in [3.8, 4) is 11.5 Å². The van der Waals surface area contributed by atoms with E-state index < -0.39 is 17.9 Å². The summed E-state index contributed by atoms with van der Waals surface area (Å²) in [5.41, 5.74) is 3.77. The number of amides is 1. The van der Waals surface area contributed by atoms with E-state index in [9.17, 15) is 9.59 Å². The number of hydrogen-bond donors (Lipinski definition) is 1. The molecule has 7 heteroatoms. The molecule has 0 bridgehead atoms. The van der Waals surface area contributed by atoms with Gasteiger partial charge in [-0.3, -0.25) is 4.79 Å². The van der Waals surface area contributed by atoms with E-state index in [4.69, 9.17) is 18.9 Å². The first-order chi connectivity index (χ1) is 19.6. The molecule has 4 rings (SSSR count). The maximum absolute atomic E-state index is 12.6. The van der Waals surface area contributed by atoms with Crippen molar-refractivity contribution in [3.05, 3.63) is 131 Å². The zero-order valence-corrected chi connectivity index (χ0v) is 22.5. The predicted molar refractivity (Wildman–Crippen MR) is 152 cm³/mol. The van der Waals surface area contributed by atoms with Gasteiger partial charge >= 0.3 is 5.97 Å². The molecule has 40 heavy (non-hydrogen) atoms. The molecule has 1 amide bonds. The maximum atomic E-state index is 12.6. The van der Waals surface area contributed by atoms with Gasteiger partial charge in [0, 0.05) is 6.42 Å². The van der Waals surface area contributed by atoms with Gasteiger partial charge in [0.15, 0.2) is 11.5 Å². The van der Waals surface area contributed by atoms with Crippen LogP contribution >= 0.6 is 0 Å². The van der Waals surface area contributed by atoms with Crippen LogP contribution in [0.2, 0.25) is 0 Å². The van der Waals surface area contributed by atoms with Crippen molar-refractivity contribution in [1.82, 2.24) is 5.32 Å². The van der Waals surface area contributed by atoms with E-state index >= 15 is 0 Å². The van der Waals surface area contributed by atoms with E-state index in [0.29, 0.717) is 31.3 Å². The summed E-state index contributed by atoms with van der Waals surface area (Å²) in [6, 6.07) is 33.8. The predicted octanol–water partition coefficient (Wildman–Crippen LogP) is 5.26. The fourth-order valence-corrected chi connectivity index (χ4v) is 4.03. The van der Waals surface area contributed by atoms with Crippen molar-refractivity contribution in [2.24, 2.45) is 0 Å². The molecule has 206 valence electrons. The smallest absolute Gasteiger partial charge is 0.328 e. The largest absolute Gasteiger partial charge is 0.485 e. The molecular weight excluding hydrogens is 506 g/mol.